The van der Waals surface area contributed by atoms with Gasteiger partial charge in [0.1, 0.15) is 5.82 Å². The first-order valence-corrected chi connectivity index (χ1v) is 9.42. The van der Waals surface area contributed by atoms with Gasteiger partial charge in [-0.3, -0.25) is 4.79 Å². The van der Waals surface area contributed by atoms with Crippen molar-refractivity contribution in [2.24, 2.45) is 7.05 Å². The van der Waals surface area contributed by atoms with E-state index in [0.717, 1.165) is 42.5 Å². The van der Waals surface area contributed by atoms with Crippen LogP contribution in [0.2, 0.25) is 0 Å². The number of alkyl halides is 2. The van der Waals surface area contributed by atoms with E-state index in [4.69, 9.17) is 33.3 Å². The van der Waals surface area contributed by atoms with E-state index >= 15 is 0 Å². The minimum atomic E-state index is -0.741. The van der Waals surface area contributed by atoms with E-state index in [2.05, 4.69) is 22.8 Å². The summed E-state index contributed by atoms with van der Waals surface area (Å²) in [5, 5.41) is 8.71. The Balaban J connectivity index is 2.15. The molecule has 2 aromatic rings. The Hall–Kier alpha value is -1.26. The summed E-state index contributed by atoms with van der Waals surface area (Å²) in [5.74, 6) is 1.87. The average Bonchev–Trinajstić information content (AvgIpc) is 2.87. The summed E-state index contributed by atoms with van der Waals surface area (Å²) < 4.78 is 2.10. The van der Waals surface area contributed by atoms with Gasteiger partial charge in [-0.25, -0.2) is 4.98 Å². The third-order valence-corrected chi connectivity index (χ3v) is 4.86. The SMILES string of the molecule is Cn1c(CCCCC(=O)O)nc2cc(C(CCCl)CCCl)ccc21. The molecular formula is C18H24Cl2N2O2. The standard InChI is InChI=1S/C18H24Cl2N2O2/c1-22-16-7-6-14(13(8-10-19)9-11-20)12-15(16)21-17(22)4-2-3-5-18(23)24/h6-7,12-13H,2-5,8-11H2,1H3,(H,23,24). The number of hydrogen-bond donors (Lipinski definition) is 1. The molecule has 1 aromatic carbocycles. The number of nitrogens with zero attached hydrogens (tertiary/aromatic N) is 2. The molecule has 0 aliphatic rings. The number of carboxylic acid groups (broad SMARTS) is 1. The normalized spacial score (nSPS) is 11.5. The van der Waals surface area contributed by atoms with Crippen LogP contribution in [0.5, 0.6) is 0 Å². The molecule has 0 aliphatic carbocycles. The highest BCUT2D eigenvalue weighted by molar-refractivity contribution is 6.18. The maximum Gasteiger partial charge on any atom is 0.303 e. The molecule has 1 N–H and O–H groups in total. The van der Waals surface area contributed by atoms with Crippen LogP contribution >= 0.6 is 23.2 Å². The Morgan fingerprint density at radius 3 is 2.58 bits per heavy atom. The van der Waals surface area contributed by atoms with Gasteiger partial charge in [0.25, 0.3) is 0 Å². The first-order chi connectivity index (χ1) is 11.6. The fourth-order valence-corrected chi connectivity index (χ4v) is 3.57. The van der Waals surface area contributed by atoms with Gasteiger partial charge in [-0.15, -0.1) is 23.2 Å². The number of unbranched alkanes of at least 4 members (excludes halogenated alkanes) is 1. The number of hydrogen-bond acceptors (Lipinski definition) is 2. The molecule has 6 heteroatoms. The monoisotopic (exact) mass is 370 g/mol. The van der Waals surface area contributed by atoms with Crippen LogP contribution in [0.4, 0.5) is 0 Å². The van der Waals surface area contributed by atoms with Gasteiger partial charge >= 0.3 is 5.97 Å². The summed E-state index contributed by atoms with van der Waals surface area (Å²) in [6.45, 7) is 0. The van der Waals surface area contributed by atoms with Crippen LogP contribution in [0.1, 0.15) is 49.4 Å². The second-order valence-corrected chi connectivity index (χ2v) is 6.84. The molecule has 0 radical (unpaired) electrons. The zero-order valence-electron chi connectivity index (χ0n) is 14.0. The van der Waals surface area contributed by atoms with E-state index in [1.165, 1.54) is 5.56 Å². The van der Waals surface area contributed by atoms with E-state index in [1.807, 2.05) is 7.05 Å². The molecule has 0 saturated heterocycles. The number of imidazole rings is 1. The molecule has 0 spiro atoms. The molecule has 1 aromatic heterocycles. The molecule has 0 aliphatic heterocycles. The number of carbonyl (C=O) groups is 1. The molecule has 0 saturated carbocycles. The third-order valence-electron chi connectivity index (χ3n) is 4.43. The van der Waals surface area contributed by atoms with E-state index in [0.29, 0.717) is 24.1 Å². The van der Waals surface area contributed by atoms with Crippen LogP contribution in [0.15, 0.2) is 18.2 Å². The Bertz CT molecular complexity index is 679. The van der Waals surface area contributed by atoms with Crippen LogP contribution in [-0.4, -0.2) is 32.4 Å². The van der Waals surface area contributed by atoms with Crippen molar-refractivity contribution in [1.29, 1.82) is 0 Å². The number of halogens is 2. The number of aromatic nitrogens is 2. The largest absolute Gasteiger partial charge is 0.481 e. The predicted molar refractivity (Wildman–Crippen MR) is 99.3 cm³/mol. The second-order valence-electron chi connectivity index (χ2n) is 6.09. The fraction of sp³-hybridized carbons (Fsp3) is 0.556. The quantitative estimate of drug-likeness (QED) is 0.486. The highest BCUT2D eigenvalue weighted by Crippen LogP contribution is 2.28. The molecule has 0 amide bonds. The zero-order valence-corrected chi connectivity index (χ0v) is 15.5. The van der Waals surface area contributed by atoms with Crippen molar-refractivity contribution in [2.45, 2.75) is 44.4 Å². The number of aryl methyl sites for hydroxylation is 2. The number of fused-ring (bicyclic) bond motifs is 1. The Morgan fingerprint density at radius 1 is 1.25 bits per heavy atom. The van der Waals surface area contributed by atoms with Crippen molar-refractivity contribution in [2.75, 3.05) is 11.8 Å². The van der Waals surface area contributed by atoms with Crippen molar-refractivity contribution in [3.8, 4) is 0 Å². The van der Waals surface area contributed by atoms with E-state index < -0.39 is 5.97 Å². The summed E-state index contributed by atoms with van der Waals surface area (Å²) >= 11 is 11.8. The van der Waals surface area contributed by atoms with Gasteiger partial charge in [-0.2, -0.15) is 0 Å². The topological polar surface area (TPSA) is 55.1 Å². The molecule has 0 fully saturated rings. The predicted octanol–water partition coefficient (Wildman–Crippen LogP) is 4.71. The fourth-order valence-electron chi connectivity index (χ4n) is 3.04. The summed E-state index contributed by atoms with van der Waals surface area (Å²) in [6, 6.07) is 6.38. The summed E-state index contributed by atoms with van der Waals surface area (Å²) in [4.78, 5) is 15.3. The highest BCUT2D eigenvalue weighted by Gasteiger charge is 2.14. The van der Waals surface area contributed by atoms with Gasteiger partial charge in [-0.05, 0) is 49.3 Å². The number of benzene rings is 1. The Morgan fingerprint density at radius 2 is 1.96 bits per heavy atom. The lowest BCUT2D eigenvalue weighted by molar-refractivity contribution is -0.137. The van der Waals surface area contributed by atoms with Gasteiger partial charge in [0.2, 0.25) is 0 Å². The van der Waals surface area contributed by atoms with Crippen molar-refractivity contribution in [3.05, 3.63) is 29.6 Å². The average molecular weight is 371 g/mol. The molecule has 0 bridgehead atoms. The minimum Gasteiger partial charge on any atom is -0.481 e. The summed E-state index contributed by atoms with van der Waals surface area (Å²) in [6.07, 6.45) is 4.34. The Labute approximate surface area is 152 Å². The van der Waals surface area contributed by atoms with Crippen LogP contribution < -0.4 is 0 Å². The van der Waals surface area contributed by atoms with Gasteiger partial charge in [-0.1, -0.05) is 6.07 Å². The lowest BCUT2D eigenvalue weighted by Crippen LogP contribution is -2.01. The van der Waals surface area contributed by atoms with Gasteiger partial charge < -0.3 is 9.67 Å². The van der Waals surface area contributed by atoms with Gasteiger partial charge in [0.05, 0.1) is 11.0 Å². The maximum atomic E-state index is 10.6. The Kier molecular flexibility index (Phi) is 7.38. The van der Waals surface area contributed by atoms with E-state index in [-0.39, 0.29) is 6.42 Å². The first-order valence-electron chi connectivity index (χ1n) is 8.35. The van der Waals surface area contributed by atoms with Crippen molar-refractivity contribution in [1.82, 2.24) is 9.55 Å². The molecule has 2 rings (SSSR count). The van der Waals surface area contributed by atoms with E-state index in [9.17, 15) is 4.79 Å². The zero-order chi connectivity index (χ0) is 17.5. The maximum absolute atomic E-state index is 10.6. The lowest BCUT2D eigenvalue weighted by Gasteiger charge is -2.14. The number of carboxylic acids is 1. The number of rotatable bonds is 10. The molecular weight excluding hydrogens is 347 g/mol. The molecule has 4 nitrogen and oxygen atoms in total. The van der Waals surface area contributed by atoms with Crippen molar-refractivity contribution >= 4 is 40.2 Å². The van der Waals surface area contributed by atoms with Crippen molar-refractivity contribution in [3.63, 3.8) is 0 Å². The number of aliphatic carboxylic acids is 1. The van der Waals surface area contributed by atoms with Crippen LogP contribution in [0.25, 0.3) is 11.0 Å². The molecule has 0 unspecified atom stereocenters. The minimum absolute atomic E-state index is 0.215. The molecule has 132 valence electrons. The second kappa shape index (κ2) is 9.28. The summed E-state index contributed by atoms with van der Waals surface area (Å²) in [5.41, 5.74) is 3.32. The lowest BCUT2D eigenvalue weighted by atomic mass is 9.93. The van der Waals surface area contributed by atoms with Crippen LogP contribution in [0.3, 0.4) is 0 Å². The van der Waals surface area contributed by atoms with Crippen LogP contribution in [-0.2, 0) is 18.3 Å². The van der Waals surface area contributed by atoms with Crippen LogP contribution in [0, 0.1) is 0 Å². The molecule has 1 heterocycles. The van der Waals surface area contributed by atoms with E-state index in [1.54, 1.807) is 0 Å². The smallest absolute Gasteiger partial charge is 0.303 e. The first kappa shape index (κ1) is 19.1. The van der Waals surface area contributed by atoms with Gasteiger partial charge in [0.15, 0.2) is 0 Å². The molecule has 24 heavy (non-hydrogen) atoms. The van der Waals surface area contributed by atoms with Crippen molar-refractivity contribution < 1.29 is 9.90 Å². The highest BCUT2D eigenvalue weighted by atomic mass is 35.5. The third kappa shape index (κ3) is 4.87. The summed E-state index contributed by atoms with van der Waals surface area (Å²) in [7, 11) is 2.01. The van der Waals surface area contributed by atoms with Gasteiger partial charge in [0, 0.05) is 31.6 Å². The molecule has 0 atom stereocenters.